The molecule has 0 bridgehead atoms. The number of hydrogen-bond acceptors (Lipinski definition) is 11. The van der Waals surface area contributed by atoms with Gasteiger partial charge in [0.15, 0.2) is 11.4 Å². The van der Waals surface area contributed by atoms with Gasteiger partial charge in [0.05, 0.1) is 23.9 Å². The number of ketones is 2. The highest BCUT2D eigenvalue weighted by atomic mass is 35.5. The standard InChI is InChI=1S/C32H36N4O9.ClH/c1-35(2)20-12-19(34-21(37)14-45-13-15-8-6-5-7-9-15)26(38)23-17(20)10-16-11-18-25(36(3)4)28(40)24(31(33)43)30(42)32(18,44)29(41)22(16)27(23)39;/h5-9,12,16,18,25,38-39,42,44H,10-11,13-14H2,1-4H3,(H2,33,43)(H,34,37);1H/t16?,18?,25-,32-;/m0./s1. The molecule has 2 amide bonds. The molecule has 2 aromatic rings. The van der Waals surface area contributed by atoms with Crippen molar-refractivity contribution in [3.63, 3.8) is 0 Å². The van der Waals surface area contributed by atoms with Gasteiger partial charge in [-0.1, -0.05) is 30.3 Å². The molecule has 46 heavy (non-hydrogen) atoms. The molecule has 2 unspecified atom stereocenters. The third kappa shape index (κ3) is 5.49. The molecule has 0 saturated heterocycles. The van der Waals surface area contributed by atoms with E-state index >= 15 is 0 Å². The monoisotopic (exact) mass is 656 g/mol. The van der Waals surface area contributed by atoms with Crippen molar-refractivity contribution in [2.45, 2.75) is 31.1 Å². The summed E-state index contributed by atoms with van der Waals surface area (Å²) in [5, 5.41) is 48.4. The van der Waals surface area contributed by atoms with Crippen LogP contribution in [-0.4, -0.2) is 95.1 Å². The molecule has 3 aliphatic rings. The van der Waals surface area contributed by atoms with Gasteiger partial charge in [-0.25, -0.2) is 0 Å². The van der Waals surface area contributed by atoms with Gasteiger partial charge in [-0.15, -0.1) is 12.4 Å². The normalized spacial score (nSPS) is 23.7. The lowest BCUT2D eigenvalue weighted by atomic mass is 9.57. The number of amides is 2. The first kappa shape index (κ1) is 34.4. The Morgan fingerprint density at radius 2 is 1.74 bits per heavy atom. The minimum Gasteiger partial charge on any atom is -0.508 e. The number of phenols is 1. The summed E-state index contributed by atoms with van der Waals surface area (Å²) in [5.41, 5.74) is 3.17. The van der Waals surface area contributed by atoms with E-state index in [-0.39, 0.29) is 55.3 Å². The van der Waals surface area contributed by atoms with Gasteiger partial charge < -0.3 is 41.1 Å². The highest BCUT2D eigenvalue weighted by molar-refractivity contribution is 6.24. The highest BCUT2D eigenvalue weighted by Gasteiger charge is 2.64. The molecule has 0 spiro atoms. The van der Waals surface area contributed by atoms with Gasteiger partial charge in [0.2, 0.25) is 11.7 Å². The Morgan fingerprint density at radius 3 is 2.33 bits per heavy atom. The lowest BCUT2D eigenvalue weighted by Crippen LogP contribution is -2.65. The molecule has 0 radical (unpaired) electrons. The molecule has 2 aromatic carbocycles. The van der Waals surface area contributed by atoms with Crippen LogP contribution in [0.1, 0.15) is 23.1 Å². The van der Waals surface area contributed by atoms with Gasteiger partial charge in [0.1, 0.15) is 29.4 Å². The number of nitrogens with two attached hydrogens (primary N) is 1. The summed E-state index contributed by atoms with van der Waals surface area (Å²) in [6.45, 7) is -0.142. The number of fused-ring (bicyclic) bond motifs is 3. The first-order valence-electron chi connectivity index (χ1n) is 14.3. The quantitative estimate of drug-likeness (QED) is 0.178. The summed E-state index contributed by atoms with van der Waals surface area (Å²) in [6, 6.07) is 9.61. The first-order chi connectivity index (χ1) is 21.2. The fourth-order valence-corrected chi connectivity index (χ4v) is 6.81. The number of carbonyl (C=O) groups is 4. The Kier molecular flexibility index (Phi) is 9.55. The van der Waals surface area contributed by atoms with Crippen LogP contribution in [0.3, 0.4) is 0 Å². The number of carbonyl (C=O) groups excluding carboxylic acids is 4. The lowest BCUT2D eigenvalue weighted by Gasteiger charge is -2.50. The lowest BCUT2D eigenvalue weighted by molar-refractivity contribution is -0.153. The van der Waals surface area contributed by atoms with Crippen molar-refractivity contribution < 1.29 is 44.3 Å². The number of nitrogens with zero attached hydrogens (tertiary/aromatic N) is 2. The maximum atomic E-state index is 14.1. The highest BCUT2D eigenvalue weighted by Crippen LogP contribution is 2.54. The summed E-state index contributed by atoms with van der Waals surface area (Å²) in [4.78, 5) is 55.5. The molecule has 1 saturated carbocycles. The zero-order valence-electron chi connectivity index (χ0n) is 25.7. The number of rotatable bonds is 8. The van der Waals surface area contributed by atoms with Gasteiger partial charge >= 0.3 is 0 Å². The SMILES string of the molecule is CN(C)c1cc(NC(=O)COCc2ccccc2)c(O)c2c1CC1CC3[C@H](N(C)C)C(=O)C(C(N)=O)=C(O)[C@@]3(O)C(=O)C1=C2O.Cl. The van der Waals surface area contributed by atoms with E-state index in [2.05, 4.69) is 5.32 Å². The van der Waals surface area contributed by atoms with E-state index < -0.39 is 69.7 Å². The van der Waals surface area contributed by atoms with Gasteiger partial charge in [0, 0.05) is 31.3 Å². The Balaban J connectivity index is 0.00000480. The second kappa shape index (κ2) is 12.8. The van der Waals surface area contributed by atoms with Crippen LogP contribution in [0, 0.1) is 11.8 Å². The number of halogens is 1. The van der Waals surface area contributed by atoms with Crippen molar-refractivity contribution in [3.05, 3.63) is 70.0 Å². The summed E-state index contributed by atoms with van der Waals surface area (Å²) in [5.74, 6) is -8.04. The number of benzene rings is 2. The number of aliphatic hydroxyl groups excluding tert-OH is 2. The summed E-state index contributed by atoms with van der Waals surface area (Å²) in [7, 11) is 6.55. The van der Waals surface area contributed by atoms with E-state index in [0.29, 0.717) is 11.3 Å². The Labute approximate surface area is 271 Å². The molecular formula is C32H37ClN4O9. The Bertz CT molecular complexity index is 1670. The Hall–Kier alpha value is -4.43. The number of aliphatic hydroxyl groups is 3. The number of anilines is 2. The van der Waals surface area contributed by atoms with E-state index in [1.807, 2.05) is 30.3 Å². The number of nitrogens with one attached hydrogen (secondary N) is 1. The number of aromatic hydroxyl groups is 1. The van der Waals surface area contributed by atoms with E-state index in [4.69, 9.17) is 10.5 Å². The number of Topliss-reactive ketones (excluding diaryl/α,β-unsaturated/α-hetero) is 2. The summed E-state index contributed by atoms with van der Waals surface area (Å²) < 4.78 is 5.50. The van der Waals surface area contributed by atoms with Gasteiger partial charge in [-0.2, -0.15) is 0 Å². The zero-order valence-corrected chi connectivity index (χ0v) is 26.6. The molecule has 1 fully saturated rings. The molecule has 3 aliphatic carbocycles. The van der Waals surface area contributed by atoms with Crippen LogP contribution < -0.4 is 16.0 Å². The molecular weight excluding hydrogens is 620 g/mol. The molecule has 14 heteroatoms. The van der Waals surface area contributed by atoms with E-state index in [9.17, 15) is 39.6 Å². The predicted octanol–water partition coefficient (Wildman–Crippen LogP) is 1.61. The van der Waals surface area contributed by atoms with E-state index in [1.165, 1.54) is 19.0 Å². The van der Waals surface area contributed by atoms with Gasteiger partial charge in [0.25, 0.3) is 5.91 Å². The summed E-state index contributed by atoms with van der Waals surface area (Å²) >= 11 is 0. The maximum absolute atomic E-state index is 14.1. The van der Waals surface area contributed by atoms with Crippen molar-refractivity contribution in [2.75, 3.05) is 45.0 Å². The smallest absolute Gasteiger partial charge is 0.255 e. The number of primary amides is 1. The third-order valence-corrected chi connectivity index (χ3v) is 8.80. The fraction of sp³-hybridized carbons (Fsp3) is 0.375. The van der Waals surface area contributed by atoms with Gasteiger partial charge in [-0.05, 0) is 50.0 Å². The van der Waals surface area contributed by atoms with Crippen LogP contribution in [0.25, 0.3) is 5.76 Å². The second-order valence-electron chi connectivity index (χ2n) is 12.0. The van der Waals surface area contributed by atoms with Crippen molar-refractivity contribution in [1.82, 2.24) is 4.90 Å². The molecule has 7 N–H and O–H groups in total. The summed E-state index contributed by atoms with van der Waals surface area (Å²) in [6.07, 6.45) is 0.0840. The zero-order chi connectivity index (χ0) is 33.0. The molecule has 0 aliphatic heterocycles. The largest absolute Gasteiger partial charge is 0.508 e. The minimum absolute atomic E-state index is 0. The molecule has 0 aromatic heterocycles. The minimum atomic E-state index is -2.74. The van der Waals surface area contributed by atoms with Crippen LogP contribution in [0.2, 0.25) is 0 Å². The van der Waals surface area contributed by atoms with Crippen molar-refractivity contribution in [2.24, 2.45) is 17.6 Å². The van der Waals surface area contributed by atoms with Crippen LogP contribution in [-0.2, 0) is 36.9 Å². The number of hydrogen-bond donors (Lipinski definition) is 6. The van der Waals surface area contributed by atoms with Crippen LogP contribution in [0.15, 0.2) is 53.3 Å². The number of likely N-dealkylation sites (N-methyl/N-ethyl adjacent to an activating group) is 1. The topological polar surface area (TPSA) is 203 Å². The molecule has 246 valence electrons. The third-order valence-electron chi connectivity index (χ3n) is 8.80. The Morgan fingerprint density at radius 1 is 1.09 bits per heavy atom. The first-order valence-corrected chi connectivity index (χ1v) is 14.3. The molecule has 4 atom stereocenters. The van der Waals surface area contributed by atoms with Crippen molar-refractivity contribution in [3.8, 4) is 5.75 Å². The molecule has 13 nitrogen and oxygen atoms in total. The van der Waals surface area contributed by atoms with Crippen molar-refractivity contribution >= 4 is 52.9 Å². The van der Waals surface area contributed by atoms with Gasteiger partial charge in [-0.3, -0.25) is 24.1 Å². The average molecular weight is 657 g/mol. The van der Waals surface area contributed by atoms with E-state index in [0.717, 1.165) is 5.56 Å². The average Bonchev–Trinajstić information content (AvgIpc) is 2.96. The predicted molar refractivity (Wildman–Crippen MR) is 171 cm³/mol. The van der Waals surface area contributed by atoms with Crippen LogP contribution in [0.4, 0.5) is 11.4 Å². The molecule has 0 heterocycles. The maximum Gasteiger partial charge on any atom is 0.255 e. The van der Waals surface area contributed by atoms with E-state index in [1.54, 1.807) is 25.1 Å². The fourth-order valence-electron chi connectivity index (χ4n) is 6.81. The number of phenolic OH excluding ortho intramolecular Hbond substituents is 1. The second-order valence-corrected chi connectivity index (χ2v) is 12.0. The number of ether oxygens (including phenoxy) is 1. The van der Waals surface area contributed by atoms with Crippen LogP contribution in [0.5, 0.6) is 5.75 Å². The molecule has 5 rings (SSSR count). The van der Waals surface area contributed by atoms with Crippen LogP contribution >= 0.6 is 12.4 Å². The van der Waals surface area contributed by atoms with Crippen molar-refractivity contribution in [1.29, 1.82) is 0 Å².